The fraction of sp³-hybridized carbons (Fsp3) is 0.800. The summed E-state index contributed by atoms with van der Waals surface area (Å²) in [5.74, 6) is -0.606. The minimum Gasteiger partial charge on any atom is -0.469 e. The van der Waals surface area contributed by atoms with Crippen LogP contribution in [-0.4, -0.2) is 26.2 Å². The largest absolute Gasteiger partial charge is 0.469 e. The predicted octanol–water partition coefficient (Wildman–Crippen LogP) is 1.14. The highest BCUT2D eigenvalue weighted by Crippen LogP contribution is 2.42. The zero-order valence-electron chi connectivity index (χ0n) is 8.83. The molecular weight excluding hydrogens is 184 g/mol. The minimum atomic E-state index is -0.506. The first-order valence-electron chi connectivity index (χ1n) is 4.70. The lowest BCUT2D eigenvalue weighted by Crippen LogP contribution is -2.27. The third-order valence-corrected chi connectivity index (χ3v) is 2.95. The van der Waals surface area contributed by atoms with Crippen molar-refractivity contribution in [2.24, 2.45) is 11.3 Å². The molecule has 0 spiro atoms. The van der Waals surface area contributed by atoms with E-state index in [1.165, 1.54) is 14.2 Å². The summed E-state index contributed by atoms with van der Waals surface area (Å²) in [7, 11) is 2.75. The molecule has 0 aromatic heterocycles. The summed E-state index contributed by atoms with van der Waals surface area (Å²) < 4.78 is 9.36. The SMILES string of the molecule is COC(=O)[C@H]1CC[C@@](C)(C(=O)OC)C1. The van der Waals surface area contributed by atoms with Gasteiger partial charge in [-0.15, -0.1) is 0 Å². The third kappa shape index (κ3) is 1.89. The number of carbonyl (C=O) groups excluding carboxylic acids is 2. The molecular formula is C10H16O4. The number of esters is 2. The first kappa shape index (κ1) is 11.0. The normalized spacial score (nSPS) is 31.2. The second-order valence-corrected chi connectivity index (χ2v) is 4.02. The lowest BCUT2D eigenvalue weighted by atomic mass is 9.88. The van der Waals surface area contributed by atoms with Gasteiger partial charge < -0.3 is 9.47 Å². The minimum absolute atomic E-state index is 0.149. The van der Waals surface area contributed by atoms with Gasteiger partial charge in [0.05, 0.1) is 25.6 Å². The van der Waals surface area contributed by atoms with Crippen molar-refractivity contribution in [2.75, 3.05) is 14.2 Å². The van der Waals surface area contributed by atoms with E-state index < -0.39 is 5.41 Å². The van der Waals surface area contributed by atoms with E-state index in [0.29, 0.717) is 19.3 Å². The van der Waals surface area contributed by atoms with Crippen molar-refractivity contribution < 1.29 is 19.1 Å². The van der Waals surface area contributed by atoms with Crippen LogP contribution in [0, 0.1) is 11.3 Å². The van der Waals surface area contributed by atoms with E-state index in [2.05, 4.69) is 4.74 Å². The summed E-state index contributed by atoms with van der Waals surface area (Å²) >= 11 is 0. The second-order valence-electron chi connectivity index (χ2n) is 4.02. The Morgan fingerprint density at radius 3 is 2.43 bits per heavy atom. The van der Waals surface area contributed by atoms with Gasteiger partial charge in [0.15, 0.2) is 0 Å². The molecule has 0 saturated heterocycles. The number of ether oxygens (including phenoxy) is 2. The number of carbonyl (C=O) groups is 2. The summed E-state index contributed by atoms with van der Waals surface area (Å²) in [6.07, 6.45) is 1.93. The molecule has 1 aliphatic carbocycles. The molecule has 0 aliphatic heterocycles. The number of rotatable bonds is 2. The first-order chi connectivity index (χ1) is 6.53. The van der Waals surface area contributed by atoms with Crippen molar-refractivity contribution in [1.82, 2.24) is 0 Å². The van der Waals surface area contributed by atoms with E-state index in [0.717, 1.165) is 0 Å². The van der Waals surface area contributed by atoms with Gasteiger partial charge in [0.25, 0.3) is 0 Å². The molecule has 2 atom stereocenters. The molecule has 0 N–H and O–H groups in total. The Morgan fingerprint density at radius 1 is 1.29 bits per heavy atom. The van der Waals surface area contributed by atoms with Gasteiger partial charge in [-0.05, 0) is 26.2 Å². The maximum Gasteiger partial charge on any atom is 0.311 e. The quantitative estimate of drug-likeness (QED) is 0.627. The molecule has 1 rings (SSSR count). The topological polar surface area (TPSA) is 52.6 Å². The molecule has 1 saturated carbocycles. The monoisotopic (exact) mass is 200 g/mol. The summed E-state index contributed by atoms with van der Waals surface area (Å²) in [4.78, 5) is 22.7. The lowest BCUT2D eigenvalue weighted by Gasteiger charge is -2.19. The maximum absolute atomic E-state index is 11.4. The van der Waals surface area contributed by atoms with Gasteiger partial charge in [-0.2, -0.15) is 0 Å². The summed E-state index contributed by atoms with van der Waals surface area (Å²) in [5.41, 5.74) is -0.506. The van der Waals surface area contributed by atoms with Crippen molar-refractivity contribution in [1.29, 1.82) is 0 Å². The molecule has 0 amide bonds. The zero-order valence-corrected chi connectivity index (χ0v) is 8.83. The van der Waals surface area contributed by atoms with Crippen LogP contribution in [0.5, 0.6) is 0 Å². The molecule has 0 aromatic carbocycles. The maximum atomic E-state index is 11.4. The van der Waals surface area contributed by atoms with Crippen LogP contribution in [0.4, 0.5) is 0 Å². The van der Waals surface area contributed by atoms with Crippen LogP contribution in [-0.2, 0) is 19.1 Å². The van der Waals surface area contributed by atoms with Crippen LogP contribution in [0.2, 0.25) is 0 Å². The Labute approximate surface area is 83.6 Å². The van der Waals surface area contributed by atoms with Crippen molar-refractivity contribution in [3.63, 3.8) is 0 Å². The van der Waals surface area contributed by atoms with Gasteiger partial charge in [-0.3, -0.25) is 9.59 Å². The second kappa shape index (κ2) is 3.98. The molecule has 80 valence electrons. The van der Waals surface area contributed by atoms with Crippen LogP contribution in [0.15, 0.2) is 0 Å². The Hall–Kier alpha value is -1.06. The summed E-state index contributed by atoms with van der Waals surface area (Å²) in [5, 5.41) is 0. The van der Waals surface area contributed by atoms with E-state index in [1.54, 1.807) is 0 Å². The standard InChI is InChI=1S/C10H16O4/c1-10(9(12)14-3)5-4-7(6-10)8(11)13-2/h7H,4-6H2,1-3H3/t7-,10+/m0/s1. The Morgan fingerprint density at radius 2 is 1.93 bits per heavy atom. The van der Waals surface area contributed by atoms with Crippen molar-refractivity contribution in [3.05, 3.63) is 0 Å². The molecule has 0 radical (unpaired) electrons. The Kier molecular flexibility index (Phi) is 3.13. The molecule has 0 bridgehead atoms. The first-order valence-corrected chi connectivity index (χ1v) is 4.70. The molecule has 4 nitrogen and oxygen atoms in total. The van der Waals surface area contributed by atoms with Crippen LogP contribution in [0.1, 0.15) is 26.2 Å². The summed E-state index contributed by atoms with van der Waals surface area (Å²) in [6.45, 7) is 1.84. The highest BCUT2D eigenvalue weighted by Gasteiger charge is 2.44. The fourth-order valence-electron chi connectivity index (χ4n) is 2.04. The molecule has 0 heterocycles. The molecule has 1 fully saturated rings. The van der Waals surface area contributed by atoms with E-state index in [4.69, 9.17) is 4.74 Å². The van der Waals surface area contributed by atoms with Gasteiger partial charge in [0.1, 0.15) is 0 Å². The Balaban J connectivity index is 2.64. The van der Waals surface area contributed by atoms with Crippen molar-refractivity contribution in [2.45, 2.75) is 26.2 Å². The molecule has 1 aliphatic rings. The molecule has 0 aromatic rings. The number of hydrogen-bond acceptors (Lipinski definition) is 4. The molecule has 14 heavy (non-hydrogen) atoms. The van der Waals surface area contributed by atoms with E-state index >= 15 is 0 Å². The highest BCUT2D eigenvalue weighted by atomic mass is 16.5. The van der Waals surface area contributed by atoms with Crippen LogP contribution < -0.4 is 0 Å². The predicted molar refractivity (Wildman–Crippen MR) is 49.5 cm³/mol. The van der Waals surface area contributed by atoms with Gasteiger partial charge in [0, 0.05) is 0 Å². The van der Waals surface area contributed by atoms with Crippen molar-refractivity contribution >= 4 is 11.9 Å². The van der Waals surface area contributed by atoms with E-state index in [-0.39, 0.29) is 17.9 Å². The van der Waals surface area contributed by atoms with Crippen LogP contribution in [0.3, 0.4) is 0 Å². The average Bonchev–Trinajstić information content (AvgIpc) is 2.60. The third-order valence-electron chi connectivity index (χ3n) is 2.95. The van der Waals surface area contributed by atoms with Gasteiger partial charge in [-0.1, -0.05) is 0 Å². The highest BCUT2D eigenvalue weighted by molar-refractivity contribution is 5.80. The number of methoxy groups -OCH3 is 2. The number of hydrogen-bond donors (Lipinski definition) is 0. The molecule has 4 heteroatoms. The van der Waals surface area contributed by atoms with E-state index in [1.807, 2.05) is 6.92 Å². The summed E-state index contributed by atoms with van der Waals surface area (Å²) in [6, 6.07) is 0. The van der Waals surface area contributed by atoms with Crippen LogP contribution >= 0.6 is 0 Å². The Bertz CT molecular complexity index is 249. The van der Waals surface area contributed by atoms with Gasteiger partial charge in [-0.25, -0.2) is 0 Å². The lowest BCUT2D eigenvalue weighted by molar-refractivity contribution is -0.152. The van der Waals surface area contributed by atoms with Gasteiger partial charge in [0.2, 0.25) is 0 Å². The average molecular weight is 200 g/mol. The van der Waals surface area contributed by atoms with E-state index in [9.17, 15) is 9.59 Å². The fourth-order valence-corrected chi connectivity index (χ4v) is 2.04. The zero-order chi connectivity index (χ0) is 10.8. The van der Waals surface area contributed by atoms with Crippen LogP contribution in [0.25, 0.3) is 0 Å². The molecule has 0 unspecified atom stereocenters. The smallest absolute Gasteiger partial charge is 0.311 e. The van der Waals surface area contributed by atoms with Crippen molar-refractivity contribution in [3.8, 4) is 0 Å². The van der Waals surface area contributed by atoms with Gasteiger partial charge >= 0.3 is 11.9 Å².